The summed E-state index contributed by atoms with van der Waals surface area (Å²) in [7, 11) is 0. The van der Waals surface area contributed by atoms with Gasteiger partial charge in [-0.2, -0.15) is 13.2 Å². The first-order valence-electron chi connectivity index (χ1n) is 6.62. The average molecular weight is 309 g/mol. The van der Waals surface area contributed by atoms with Crippen molar-refractivity contribution in [2.75, 3.05) is 0 Å². The van der Waals surface area contributed by atoms with Crippen molar-refractivity contribution in [3.63, 3.8) is 0 Å². The van der Waals surface area contributed by atoms with E-state index in [1.54, 1.807) is 0 Å². The first-order chi connectivity index (χ1) is 10.4. The van der Waals surface area contributed by atoms with Crippen LogP contribution in [-0.2, 0) is 25.6 Å². The number of aliphatic imine (C=N–C) groups is 1. The normalized spacial score (nSPS) is 14.0. The van der Waals surface area contributed by atoms with Gasteiger partial charge in [0.25, 0.3) is 0 Å². The molecule has 2 aromatic rings. The summed E-state index contributed by atoms with van der Waals surface area (Å²) in [6.07, 6.45) is -2.89. The van der Waals surface area contributed by atoms with E-state index in [0.29, 0.717) is 11.3 Å². The Morgan fingerprint density at radius 2 is 1.77 bits per heavy atom. The Balaban J connectivity index is 2.00. The molecule has 2 heterocycles. The maximum atomic E-state index is 13.2. The average Bonchev–Trinajstić information content (AvgIpc) is 2.48. The van der Waals surface area contributed by atoms with E-state index >= 15 is 0 Å². The molecule has 0 bridgehead atoms. The molecule has 22 heavy (non-hydrogen) atoms. The van der Waals surface area contributed by atoms with Gasteiger partial charge in [-0.15, -0.1) is 0 Å². The fraction of sp³-hybridized carbons (Fsp3) is 0.267. The van der Waals surface area contributed by atoms with Gasteiger partial charge < -0.3 is 0 Å². The van der Waals surface area contributed by atoms with Crippen molar-refractivity contribution in [2.45, 2.75) is 25.6 Å². The predicted molar refractivity (Wildman–Crippen MR) is 72.1 cm³/mol. The number of rotatable bonds is 2. The molecule has 0 atom stereocenters. The van der Waals surface area contributed by atoms with Crippen LogP contribution in [0.15, 0.2) is 29.3 Å². The summed E-state index contributed by atoms with van der Waals surface area (Å²) in [5.74, 6) is -0.338. The molecule has 0 saturated heterocycles. The second-order valence-electron chi connectivity index (χ2n) is 4.94. The van der Waals surface area contributed by atoms with E-state index in [1.165, 1.54) is 30.5 Å². The summed E-state index contributed by atoms with van der Waals surface area (Å²) in [5.41, 5.74) is 0.141. The molecule has 0 fully saturated rings. The number of hydrogen-bond donors (Lipinski definition) is 0. The Labute approximate surface area is 123 Å². The fourth-order valence-corrected chi connectivity index (χ4v) is 2.33. The molecule has 0 saturated carbocycles. The van der Waals surface area contributed by atoms with E-state index < -0.39 is 17.7 Å². The summed E-state index contributed by atoms with van der Waals surface area (Å²) in [6.45, 7) is 0.122. The number of fused-ring (bicyclic) bond motifs is 1. The lowest BCUT2D eigenvalue weighted by Crippen LogP contribution is -2.20. The van der Waals surface area contributed by atoms with E-state index in [1.807, 2.05) is 0 Å². The number of nitrogens with zero attached hydrogens (tertiary/aromatic N) is 3. The zero-order valence-electron chi connectivity index (χ0n) is 11.4. The Bertz CT molecular complexity index is 721. The lowest BCUT2D eigenvalue weighted by Gasteiger charge is -2.17. The van der Waals surface area contributed by atoms with Crippen molar-refractivity contribution in [2.24, 2.45) is 4.99 Å². The van der Waals surface area contributed by atoms with Crippen LogP contribution in [0.1, 0.15) is 28.3 Å². The Kier molecular flexibility index (Phi) is 3.64. The summed E-state index contributed by atoms with van der Waals surface area (Å²) < 4.78 is 52.4. The van der Waals surface area contributed by atoms with Crippen molar-refractivity contribution >= 4 is 6.21 Å². The highest BCUT2D eigenvalue weighted by Crippen LogP contribution is 2.33. The van der Waals surface area contributed by atoms with Crippen LogP contribution in [0.4, 0.5) is 17.6 Å². The number of benzene rings is 1. The van der Waals surface area contributed by atoms with Crippen LogP contribution in [0, 0.1) is 5.82 Å². The minimum atomic E-state index is -4.53. The summed E-state index contributed by atoms with van der Waals surface area (Å²) >= 11 is 0. The topological polar surface area (TPSA) is 38.1 Å². The smallest absolute Gasteiger partial charge is 0.291 e. The monoisotopic (exact) mass is 309 g/mol. The van der Waals surface area contributed by atoms with E-state index in [2.05, 4.69) is 15.0 Å². The summed E-state index contributed by atoms with van der Waals surface area (Å²) in [6, 6.07) is 5.51. The van der Waals surface area contributed by atoms with Crippen LogP contribution in [0.3, 0.4) is 0 Å². The predicted octanol–water partition coefficient (Wildman–Crippen LogP) is 3.35. The molecule has 0 radical (unpaired) electrons. The maximum absolute atomic E-state index is 13.2. The Morgan fingerprint density at radius 3 is 2.45 bits per heavy atom. The van der Waals surface area contributed by atoms with E-state index in [9.17, 15) is 17.6 Å². The van der Waals surface area contributed by atoms with Gasteiger partial charge in [-0.3, -0.25) is 4.99 Å². The highest BCUT2D eigenvalue weighted by Gasteiger charge is 2.37. The quantitative estimate of drug-likeness (QED) is 0.798. The van der Waals surface area contributed by atoms with E-state index in [-0.39, 0.29) is 30.8 Å². The number of aromatic nitrogens is 2. The minimum absolute atomic E-state index is 0.0646. The van der Waals surface area contributed by atoms with Crippen LogP contribution < -0.4 is 0 Å². The van der Waals surface area contributed by atoms with Crippen LogP contribution in [0.25, 0.3) is 0 Å². The van der Waals surface area contributed by atoms with Gasteiger partial charge in [0, 0.05) is 24.6 Å². The SMILES string of the molecule is Fc1ccc(Cc2nc3c(c(C(F)(F)F)n2)CC=NC3)cc1. The Hall–Kier alpha value is -2.31. The standard InChI is InChI=1S/C15H11F4N3/c16-10-3-1-9(2-4-10)7-13-21-12-8-20-6-5-11(12)14(22-13)15(17,18)19/h1-4,6H,5,7-8H2. The number of halogens is 4. The first kappa shape index (κ1) is 14.6. The summed E-state index contributed by atoms with van der Waals surface area (Å²) in [5, 5.41) is 0. The van der Waals surface area contributed by atoms with Crippen LogP contribution in [0.2, 0.25) is 0 Å². The molecule has 1 aromatic heterocycles. The lowest BCUT2D eigenvalue weighted by atomic mass is 10.0. The molecule has 3 nitrogen and oxygen atoms in total. The van der Waals surface area contributed by atoms with Gasteiger partial charge in [0.2, 0.25) is 0 Å². The molecule has 1 aliphatic heterocycles. The van der Waals surface area contributed by atoms with Gasteiger partial charge in [0.1, 0.15) is 11.6 Å². The van der Waals surface area contributed by atoms with Crippen molar-refractivity contribution < 1.29 is 17.6 Å². The van der Waals surface area contributed by atoms with Gasteiger partial charge >= 0.3 is 6.18 Å². The molecule has 0 N–H and O–H groups in total. The third-order valence-corrected chi connectivity index (χ3v) is 3.35. The lowest BCUT2D eigenvalue weighted by molar-refractivity contribution is -0.142. The van der Waals surface area contributed by atoms with E-state index in [0.717, 1.165) is 0 Å². The number of hydrogen-bond acceptors (Lipinski definition) is 3. The molecular formula is C15H11F4N3. The van der Waals surface area contributed by atoms with Gasteiger partial charge in [-0.05, 0) is 17.7 Å². The van der Waals surface area contributed by atoms with Crippen molar-refractivity contribution in [1.29, 1.82) is 0 Å². The van der Waals surface area contributed by atoms with E-state index in [4.69, 9.17) is 0 Å². The molecular weight excluding hydrogens is 298 g/mol. The van der Waals surface area contributed by atoms with Crippen molar-refractivity contribution in [1.82, 2.24) is 9.97 Å². The molecule has 0 spiro atoms. The van der Waals surface area contributed by atoms with Crippen LogP contribution in [0.5, 0.6) is 0 Å². The van der Waals surface area contributed by atoms with Crippen LogP contribution >= 0.6 is 0 Å². The van der Waals surface area contributed by atoms with Gasteiger partial charge in [-0.25, -0.2) is 14.4 Å². The molecule has 114 valence electrons. The zero-order chi connectivity index (χ0) is 15.7. The van der Waals surface area contributed by atoms with Gasteiger partial charge in [0.05, 0.1) is 12.2 Å². The maximum Gasteiger partial charge on any atom is 0.433 e. The van der Waals surface area contributed by atoms with Crippen LogP contribution in [-0.4, -0.2) is 16.2 Å². The third-order valence-electron chi connectivity index (χ3n) is 3.35. The number of alkyl halides is 3. The highest BCUT2D eigenvalue weighted by atomic mass is 19.4. The van der Waals surface area contributed by atoms with Crippen molar-refractivity contribution in [3.8, 4) is 0 Å². The second kappa shape index (κ2) is 5.47. The molecule has 1 aliphatic rings. The largest absolute Gasteiger partial charge is 0.433 e. The zero-order valence-corrected chi connectivity index (χ0v) is 11.4. The highest BCUT2D eigenvalue weighted by molar-refractivity contribution is 5.64. The third kappa shape index (κ3) is 2.98. The summed E-state index contributed by atoms with van der Waals surface area (Å²) in [4.78, 5) is 11.8. The van der Waals surface area contributed by atoms with Gasteiger partial charge in [-0.1, -0.05) is 12.1 Å². The second-order valence-corrected chi connectivity index (χ2v) is 4.94. The minimum Gasteiger partial charge on any atom is -0.291 e. The molecule has 3 rings (SSSR count). The van der Waals surface area contributed by atoms with Crippen molar-refractivity contribution in [3.05, 3.63) is 58.4 Å². The molecule has 0 unspecified atom stereocenters. The first-order valence-corrected chi connectivity index (χ1v) is 6.62. The molecule has 0 amide bonds. The van der Waals surface area contributed by atoms with Gasteiger partial charge in [0.15, 0.2) is 5.69 Å². The molecule has 0 aliphatic carbocycles. The Morgan fingerprint density at radius 1 is 1.05 bits per heavy atom. The molecule has 7 heteroatoms. The fourth-order valence-electron chi connectivity index (χ4n) is 2.33. The molecule has 1 aromatic carbocycles.